The van der Waals surface area contributed by atoms with Crippen LogP contribution >= 0.6 is 0 Å². The van der Waals surface area contributed by atoms with Gasteiger partial charge in [0.15, 0.2) is 0 Å². The summed E-state index contributed by atoms with van der Waals surface area (Å²) in [5.41, 5.74) is -0.229. The second-order valence-electron chi connectivity index (χ2n) is 4.40. The minimum atomic E-state index is -0.229. The normalized spacial score (nSPS) is 15.3. The van der Waals surface area contributed by atoms with Crippen LogP contribution in [0.1, 0.15) is 40.5 Å². The topological polar surface area (TPSA) is 41.1 Å². The molecule has 0 spiro atoms. The van der Waals surface area contributed by atoms with Crippen LogP contribution in [0.3, 0.4) is 0 Å². The van der Waals surface area contributed by atoms with Crippen LogP contribution in [0.2, 0.25) is 0 Å². The van der Waals surface area contributed by atoms with Crippen molar-refractivity contribution in [2.45, 2.75) is 46.6 Å². The van der Waals surface area contributed by atoms with Crippen LogP contribution in [0.4, 0.5) is 0 Å². The summed E-state index contributed by atoms with van der Waals surface area (Å²) in [6.45, 7) is 8.96. The summed E-state index contributed by atoms with van der Waals surface area (Å²) in [6.07, 6.45) is 1.77. The number of carbonyl (C=O) groups excluding carboxylic acids is 1. The van der Waals surface area contributed by atoms with Gasteiger partial charge in [0.1, 0.15) is 0 Å². The molecule has 0 aliphatic heterocycles. The van der Waals surface area contributed by atoms with E-state index in [0.29, 0.717) is 0 Å². The lowest BCUT2D eigenvalue weighted by molar-refractivity contribution is -0.131. The van der Waals surface area contributed by atoms with E-state index in [2.05, 4.69) is 17.6 Å². The molecular weight excluding hydrogens is 176 g/mol. The Morgan fingerprint density at radius 1 is 1.43 bits per heavy atom. The summed E-state index contributed by atoms with van der Waals surface area (Å²) < 4.78 is 0. The molecule has 0 fully saturated rings. The Labute approximate surface area is 87.6 Å². The van der Waals surface area contributed by atoms with Gasteiger partial charge < -0.3 is 10.6 Å². The Balaban J connectivity index is 4.27. The first kappa shape index (κ1) is 13.4. The predicted octanol–water partition coefficient (Wildman–Crippen LogP) is 1.54. The zero-order valence-electron chi connectivity index (χ0n) is 10.1. The molecule has 2 N–H and O–H groups in total. The lowest BCUT2D eigenvalue weighted by Gasteiger charge is -2.28. The zero-order valence-corrected chi connectivity index (χ0v) is 10.1. The summed E-state index contributed by atoms with van der Waals surface area (Å²) in [5, 5.41) is 6.06. The molecule has 0 aliphatic rings. The van der Waals surface area contributed by atoms with Gasteiger partial charge in [0.25, 0.3) is 0 Å². The van der Waals surface area contributed by atoms with E-state index in [1.54, 1.807) is 0 Å². The Morgan fingerprint density at radius 2 is 2.00 bits per heavy atom. The molecule has 0 rings (SSSR count). The van der Waals surface area contributed by atoms with Gasteiger partial charge in [-0.1, -0.05) is 13.8 Å². The lowest BCUT2D eigenvalue weighted by Crippen LogP contribution is -2.43. The van der Waals surface area contributed by atoms with Crippen molar-refractivity contribution >= 4 is 5.91 Å². The largest absolute Gasteiger partial charge is 0.353 e. The molecule has 1 unspecified atom stereocenters. The van der Waals surface area contributed by atoms with Gasteiger partial charge in [0, 0.05) is 11.5 Å². The average Bonchev–Trinajstić information content (AvgIpc) is 2.13. The van der Waals surface area contributed by atoms with Crippen LogP contribution in [0, 0.1) is 5.41 Å². The number of carbonyl (C=O) groups is 1. The fourth-order valence-electron chi connectivity index (χ4n) is 1.29. The highest BCUT2D eigenvalue weighted by Gasteiger charge is 2.30. The van der Waals surface area contributed by atoms with Gasteiger partial charge in [-0.25, -0.2) is 0 Å². The van der Waals surface area contributed by atoms with Crippen molar-refractivity contribution in [2.75, 3.05) is 13.6 Å². The molecule has 0 aromatic carbocycles. The van der Waals surface area contributed by atoms with E-state index in [9.17, 15) is 4.79 Å². The van der Waals surface area contributed by atoms with Gasteiger partial charge in [0.05, 0.1) is 0 Å². The van der Waals surface area contributed by atoms with Crippen molar-refractivity contribution in [1.29, 1.82) is 0 Å². The predicted molar refractivity (Wildman–Crippen MR) is 60.2 cm³/mol. The quantitative estimate of drug-likeness (QED) is 0.683. The summed E-state index contributed by atoms with van der Waals surface area (Å²) in [6, 6.07) is 0.225. The number of hydrogen-bond donors (Lipinski definition) is 2. The maximum atomic E-state index is 11.9. The van der Waals surface area contributed by atoms with Crippen molar-refractivity contribution in [1.82, 2.24) is 10.6 Å². The molecule has 1 amide bonds. The van der Waals surface area contributed by atoms with E-state index in [1.807, 2.05) is 27.8 Å². The zero-order chi connectivity index (χ0) is 11.2. The van der Waals surface area contributed by atoms with Crippen molar-refractivity contribution in [3.8, 4) is 0 Å². The van der Waals surface area contributed by atoms with E-state index < -0.39 is 0 Å². The second-order valence-corrected chi connectivity index (χ2v) is 4.40. The molecule has 0 saturated heterocycles. The van der Waals surface area contributed by atoms with Crippen molar-refractivity contribution in [2.24, 2.45) is 5.41 Å². The first-order valence-electron chi connectivity index (χ1n) is 5.42. The first-order valence-corrected chi connectivity index (χ1v) is 5.42. The molecule has 3 heteroatoms. The van der Waals surface area contributed by atoms with Crippen LogP contribution in [-0.2, 0) is 4.79 Å². The molecule has 0 aromatic heterocycles. The van der Waals surface area contributed by atoms with E-state index in [1.165, 1.54) is 0 Å². The molecule has 0 aromatic rings. The van der Waals surface area contributed by atoms with Crippen LogP contribution < -0.4 is 10.6 Å². The molecular formula is C11H24N2O. The van der Waals surface area contributed by atoms with Crippen molar-refractivity contribution < 1.29 is 4.79 Å². The highest BCUT2D eigenvalue weighted by atomic mass is 16.2. The first-order chi connectivity index (χ1) is 6.46. The van der Waals surface area contributed by atoms with Gasteiger partial charge in [0.2, 0.25) is 5.91 Å². The van der Waals surface area contributed by atoms with E-state index in [0.717, 1.165) is 19.4 Å². The van der Waals surface area contributed by atoms with Gasteiger partial charge in [-0.15, -0.1) is 0 Å². The smallest absolute Gasteiger partial charge is 0.226 e. The lowest BCUT2D eigenvalue weighted by atomic mass is 9.83. The van der Waals surface area contributed by atoms with Gasteiger partial charge >= 0.3 is 0 Å². The average molecular weight is 200 g/mol. The molecule has 0 saturated carbocycles. The second kappa shape index (κ2) is 6.02. The van der Waals surface area contributed by atoms with E-state index >= 15 is 0 Å². The number of nitrogens with one attached hydrogen (secondary N) is 2. The fraction of sp³-hybridized carbons (Fsp3) is 0.909. The van der Waals surface area contributed by atoms with E-state index in [-0.39, 0.29) is 17.4 Å². The Morgan fingerprint density at radius 3 is 2.36 bits per heavy atom. The van der Waals surface area contributed by atoms with Crippen LogP contribution in [0.25, 0.3) is 0 Å². The molecule has 84 valence electrons. The van der Waals surface area contributed by atoms with Crippen molar-refractivity contribution in [3.63, 3.8) is 0 Å². The highest BCUT2D eigenvalue weighted by molar-refractivity contribution is 5.82. The molecule has 0 aliphatic carbocycles. The SMILES string of the molecule is CCC(C)(CCNC)C(=O)NC(C)C. The molecule has 0 heterocycles. The highest BCUT2D eigenvalue weighted by Crippen LogP contribution is 2.25. The number of amides is 1. The minimum absolute atomic E-state index is 0.172. The van der Waals surface area contributed by atoms with Gasteiger partial charge in [-0.2, -0.15) is 0 Å². The van der Waals surface area contributed by atoms with Crippen LogP contribution in [0.5, 0.6) is 0 Å². The number of rotatable bonds is 6. The third kappa shape index (κ3) is 4.09. The summed E-state index contributed by atoms with van der Waals surface area (Å²) in [5.74, 6) is 0.172. The third-order valence-corrected chi connectivity index (χ3v) is 2.68. The molecule has 0 bridgehead atoms. The third-order valence-electron chi connectivity index (χ3n) is 2.68. The summed E-state index contributed by atoms with van der Waals surface area (Å²) in [4.78, 5) is 11.9. The fourth-order valence-corrected chi connectivity index (χ4v) is 1.29. The minimum Gasteiger partial charge on any atom is -0.353 e. The molecule has 14 heavy (non-hydrogen) atoms. The van der Waals surface area contributed by atoms with Crippen molar-refractivity contribution in [3.05, 3.63) is 0 Å². The van der Waals surface area contributed by atoms with Gasteiger partial charge in [-0.05, 0) is 40.3 Å². The maximum Gasteiger partial charge on any atom is 0.226 e. The molecule has 3 nitrogen and oxygen atoms in total. The van der Waals surface area contributed by atoms with Gasteiger partial charge in [-0.3, -0.25) is 4.79 Å². The maximum absolute atomic E-state index is 11.9. The van der Waals surface area contributed by atoms with Crippen LogP contribution in [0.15, 0.2) is 0 Å². The Hall–Kier alpha value is -0.570. The molecule has 0 radical (unpaired) electrons. The standard InChI is InChI=1S/C11H24N2O/c1-6-11(4,7-8-12-5)10(14)13-9(2)3/h9,12H,6-8H2,1-5H3,(H,13,14). The van der Waals surface area contributed by atoms with Crippen LogP contribution in [-0.4, -0.2) is 25.5 Å². The molecule has 1 atom stereocenters. The van der Waals surface area contributed by atoms with E-state index in [4.69, 9.17) is 0 Å². The summed E-state index contributed by atoms with van der Waals surface area (Å²) >= 11 is 0. The Bertz CT molecular complexity index is 180. The number of hydrogen-bond acceptors (Lipinski definition) is 2. The summed E-state index contributed by atoms with van der Waals surface area (Å²) in [7, 11) is 1.91. The monoisotopic (exact) mass is 200 g/mol. The Kier molecular flexibility index (Phi) is 5.77.